The zero-order valence-electron chi connectivity index (χ0n) is 16.5. The van der Waals surface area contributed by atoms with Crippen molar-refractivity contribution in [1.82, 2.24) is 8.96 Å². The van der Waals surface area contributed by atoms with Gasteiger partial charge in [0, 0.05) is 23.3 Å². The van der Waals surface area contributed by atoms with Crippen molar-refractivity contribution in [2.24, 2.45) is 0 Å². The van der Waals surface area contributed by atoms with Gasteiger partial charge in [-0.1, -0.05) is 23.8 Å². The zero-order valence-corrected chi connectivity index (χ0v) is 17.3. The van der Waals surface area contributed by atoms with Gasteiger partial charge in [-0.05, 0) is 55.8 Å². The minimum Gasteiger partial charge on any atom is -0.397 e. The number of carbonyl (C=O) groups excluding carboxylic acids is 1. The number of nitrogens with one attached hydrogen (secondary N) is 1. The lowest BCUT2D eigenvalue weighted by molar-refractivity contribution is 0.102. The minimum absolute atomic E-state index is 0.164. The zero-order chi connectivity index (χ0) is 21.5. The summed E-state index contributed by atoms with van der Waals surface area (Å²) in [6.07, 6.45) is 3.02. The van der Waals surface area contributed by atoms with Crippen LogP contribution in [0.5, 0.6) is 0 Å². The summed E-state index contributed by atoms with van der Waals surface area (Å²) in [4.78, 5) is 16.9. The topological polar surface area (TPSA) is 107 Å². The third-order valence-electron chi connectivity index (χ3n) is 4.79. The largest absolute Gasteiger partial charge is 0.397 e. The predicted octanol–water partition coefficient (Wildman–Crippen LogP) is 3.72. The maximum absolute atomic E-state index is 13.1. The van der Waals surface area contributed by atoms with Gasteiger partial charge in [0.1, 0.15) is 5.82 Å². The number of nitrogens with two attached hydrogens (primary N) is 1. The average molecular weight is 420 g/mol. The molecule has 8 heteroatoms. The fraction of sp³-hybridized carbons (Fsp3) is 0.0909. The Bertz CT molecular complexity index is 1360. The number of hydrogen-bond acceptors (Lipinski definition) is 5. The van der Waals surface area contributed by atoms with Crippen molar-refractivity contribution in [3.63, 3.8) is 0 Å². The maximum atomic E-state index is 13.1. The number of nitrogen functional groups attached to an aromatic ring is 1. The molecule has 7 nitrogen and oxygen atoms in total. The molecule has 1 amide bonds. The molecule has 0 unspecified atom stereocenters. The first-order valence-corrected chi connectivity index (χ1v) is 10.7. The molecule has 3 N–H and O–H groups in total. The van der Waals surface area contributed by atoms with Crippen LogP contribution in [0.15, 0.2) is 71.9 Å². The van der Waals surface area contributed by atoms with Gasteiger partial charge in [0.05, 0.1) is 16.1 Å². The van der Waals surface area contributed by atoms with Gasteiger partial charge in [0.25, 0.3) is 15.9 Å². The number of hydrogen-bond donors (Lipinski definition) is 2. The van der Waals surface area contributed by atoms with Gasteiger partial charge in [-0.2, -0.15) is 0 Å². The Balaban J connectivity index is 1.71. The number of rotatable bonds is 4. The number of carbonyl (C=O) groups is 1. The van der Waals surface area contributed by atoms with Crippen LogP contribution in [0.3, 0.4) is 0 Å². The molecule has 2 heterocycles. The Kier molecular flexibility index (Phi) is 4.79. The quantitative estimate of drug-likeness (QED) is 0.523. The lowest BCUT2D eigenvalue weighted by Gasteiger charge is -2.09. The van der Waals surface area contributed by atoms with Crippen LogP contribution in [0.4, 0.5) is 11.5 Å². The number of fused-ring (bicyclic) bond motifs is 1. The van der Waals surface area contributed by atoms with Crippen LogP contribution < -0.4 is 11.1 Å². The van der Waals surface area contributed by atoms with Crippen molar-refractivity contribution in [3.8, 4) is 0 Å². The van der Waals surface area contributed by atoms with E-state index < -0.39 is 10.0 Å². The smallest absolute Gasteiger partial charge is 0.268 e. The fourth-order valence-electron chi connectivity index (χ4n) is 3.12. The molecule has 0 atom stereocenters. The highest BCUT2D eigenvalue weighted by atomic mass is 32.2. The van der Waals surface area contributed by atoms with Gasteiger partial charge in [0.2, 0.25) is 0 Å². The van der Waals surface area contributed by atoms with Crippen molar-refractivity contribution < 1.29 is 13.2 Å². The van der Waals surface area contributed by atoms with E-state index in [9.17, 15) is 13.2 Å². The third kappa shape index (κ3) is 3.53. The lowest BCUT2D eigenvalue weighted by atomic mass is 10.1. The number of nitrogens with zero attached hydrogens (tertiary/aromatic N) is 2. The molecule has 0 radical (unpaired) electrons. The molecular formula is C22H20N4O3S. The normalized spacial score (nSPS) is 11.5. The number of amides is 1. The van der Waals surface area contributed by atoms with Gasteiger partial charge in [-0.25, -0.2) is 17.4 Å². The molecule has 0 saturated carbocycles. The Morgan fingerprint density at radius 3 is 2.37 bits per heavy atom. The van der Waals surface area contributed by atoms with Gasteiger partial charge >= 0.3 is 0 Å². The van der Waals surface area contributed by atoms with E-state index in [1.807, 2.05) is 19.9 Å². The van der Waals surface area contributed by atoms with Gasteiger partial charge in [0.15, 0.2) is 0 Å². The molecule has 30 heavy (non-hydrogen) atoms. The predicted molar refractivity (Wildman–Crippen MR) is 117 cm³/mol. The van der Waals surface area contributed by atoms with Crippen molar-refractivity contribution in [2.75, 3.05) is 11.1 Å². The summed E-state index contributed by atoms with van der Waals surface area (Å²) >= 11 is 0. The van der Waals surface area contributed by atoms with Gasteiger partial charge in [-0.15, -0.1) is 0 Å². The first-order chi connectivity index (χ1) is 14.3. The molecule has 0 aliphatic carbocycles. The van der Waals surface area contributed by atoms with Crippen molar-refractivity contribution in [3.05, 3.63) is 83.7 Å². The fourth-order valence-corrected chi connectivity index (χ4v) is 4.50. The Hall–Kier alpha value is -3.65. The Morgan fingerprint density at radius 2 is 1.70 bits per heavy atom. The second-order valence-corrected chi connectivity index (χ2v) is 8.92. The lowest BCUT2D eigenvalue weighted by Crippen LogP contribution is -2.13. The highest BCUT2D eigenvalue weighted by Crippen LogP contribution is 2.29. The molecule has 0 fully saturated rings. The van der Waals surface area contributed by atoms with Gasteiger partial charge < -0.3 is 11.1 Å². The van der Waals surface area contributed by atoms with Crippen LogP contribution in [0.1, 0.15) is 21.5 Å². The first kappa shape index (κ1) is 19.7. The summed E-state index contributed by atoms with van der Waals surface area (Å²) in [6.45, 7) is 3.79. The van der Waals surface area contributed by atoms with Crippen molar-refractivity contribution >= 4 is 38.3 Å². The molecule has 152 valence electrons. The van der Waals surface area contributed by atoms with E-state index in [1.165, 1.54) is 6.20 Å². The van der Waals surface area contributed by atoms with Crippen LogP contribution in [0.2, 0.25) is 0 Å². The van der Waals surface area contributed by atoms with Crippen LogP contribution in [0.25, 0.3) is 10.9 Å². The molecule has 0 spiro atoms. The molecule has 0 saturated heterocycles. The summed E-state index contributed by atoms with van der Waals surface area (Å²) in [7, 11) is -3.82. The first-order valence-electron chi connectivity index (χ1n) is 9.22. The third-order valence-corrected chi connectivity index (χ3v) is 6.48. The van der Waals surface area contributed by atoms with Crippen LogP contribution in [0, 0.1) is 13.8 Å². The monoisotopic (exact) mass is 420 g/mol. The number of aryl methyl sites for hydroxylation is 2. The Labute approximate surface area is 174 Å². The second-order valence-electron chi connectivity index (χ2n) is 7.11. The van der Waals surface area contributed by atoms with E-state index in [4.69, 9.17) is 5.73 Å². The molecular weight excluding hydrogens is 400 g/mol. The van der Waals surface area contributed by atoms with Crippen LogP contribution in [-0.4, -0.2) is 23.3 Å². The van der Waals surface area contributed by atoms with Crippen LogP contribution in [-0.2, 0) is 10.0 Å². The SMILES string of the molecule is Cc1ccc(S(=O)(=O)n2cc(N)c3cc(C(=O)Nc4ccc(C)cn4)ccc32)cc1. The van der Waals surface area contributed by atoms with Crippen LogP contribution >= 0.6 is 0 Å². The molecule has 0 aliphatic rings. The number of anilines is 2. The number of pyridine rings is 1. The standard InChI is InChI=1S/C22H20N4O3S/c1-14-3-7-17(8-4-14)30(28,29)26-13-19(23)18-11-16(6-9-20(18)26)22(27)25-21-10-5-15(2)12-24-21/h3-13H,23H2,1-2H3,(H,24,25,27). The van der Waals surface area contributed by atoms with E-state index in [-0.39, 0.29) is 16.5 Å². The van der Waals surface area contributed by atoms with E-state index in [2.05, 4.69) is 10.3 Å². The number of aromatic nitrogens is 2. The molecule has 0 bridgehead atoms. The Morgan fingerprint density at radius 1 is 1.00 bits per heavy atom. The highest BCUT2D eigenvalue weighted by Gasteiger charge is 2.21. The molecule has 0 aliphatic heterocycles. The van der Waals surface area contributed by atoms with E-state index >= 15 is 0 Å². The summed E-state index contributed by atoms with van der Waals surface area (Å²) < 4.78 is 27.3. The summed E-state index contributed by atoms with van der Waals surface area (Å²) in [5.74, 6) is 0.0694. The van der Waals surface area contributed by atoms with Crippen molar-refractivity contribution in [1.29, 1.82) is 0 Å². The molecule has 2 aromatic heterocycles. The van der Waals surface area contributed by atoms with E-state index in [1.54, 1.807) is 54.7 Å². The van der Waals surface area contributed by atoms with E-state index in [0.717, 1.165) is 15.1 Å². The number of benzene rings is 2. The molecule has 4 rings (SSSR count). The molecule has 4 aromatic rings. The molecule has 2 aromatic carbocycles. The summed E-state index contributed by atoms with van der Waals surface area (Å²) in [5, 5.41) is 3.20. The highest BCUT2D eigenvalue weighted by molar-refractivity contribution is 7.90. The van der Waals surface area contributed by atoms with E-state index in [0.29, 0.717) is 22.3 Å². The summed E-state index contributed by atoms with van der Waals surface area (Å²) in [5.41, 5.74) is 9.05. The van der Waals surface area contributed by atoms with Gasteiger partial charge in [-0.3, -0.25) is 4.79 Å². The minimum atomic E-state index is -3.82. The maximum Gasteiger partial charge on any atom is 0.268 e. The van der Waals surface area contributed by atoms with Crippen molar-refractivity contribution in [2.45, 2.75) is 18.7 Å². The average Bonchev–Trinajstić information content (AvgIpc) is 3.07. The summed E-state index contributed by atoms with van der Waals surface area (Å²) in [6, 6.07) is 14.9. The second kappa shape index (κ2) is 7.31.